The molecule has 0 saturated heterocycles. The van der Waals surface area contributed by atoms with Gasteiger partial charge in [-0.2, -0.15) is 0 Å². The van der Waals surface area contributed by atoms with Crippen LogP contribution in [-0.4, -0.2) is 24.5 Å². The Balaban J connectivity index is 2.20. The van der Waals surface area contributed by atoms with E-state index in [1.165, 1.54) is 0 Å². The molecule has 2 aromatic rings. The van der Waals surface area contributed by atoms with Crippen LogP contribution in [0.3, 0.4) is 0 Å². The van der Waals surface area contributed by atoms with Gasteiger partial charge in [-0.1, -0.05) is 58.0 Å². The van der Waals surface area contributed by atoms with Gasteiger partial charge in [0.2, 0.25) is 5.91 Å². The van der Waals surface area contributed by atoms with Crippen LogP contribution >= 0.6 is 0 Å². The molecule has 5 heteroatoms. The van der Waals surface area contributed by atoms with Crippen LogP contribution in [0.1, 0.15) is 56.5 Å². The Morgan fingerprint density at radius 1 is 0.964 bits per heavy atom. The van der Waals surface area contributed by atoms with Gasteiger partial charge in [0.25, 0.3) is 5.91 Å². The van der Waals surface area contributed by atoms with Crippen LogP contribution < -0.4 is 15.4 Å². The Morgan fingerprint density at radius 3 is 2.25 bits per heavy atom. The van der Waals surface area contributed by atoms with E-state index in [9.17, 15) is 9.59 Å². The normalized spacial score (nSPS) is 12.0. The number of carbonyl (C=O) groups excluding carboxylic acids is 2. The molecule has 0 fully saturated rings. The molecule has 2 aromatic carbocycles. The maximum atomic E-state index is 12.9. The first-order chi connectivity index (χ1) is 13.3. The third-order valence-corrected chi connectivity index (χ3v) is 4.51. The van der Waals surface area contributed by atoms with Crippen LogP contribution in [0.15, 0.2) is 48.5 Å². The number of amides is 2. The van der Waals surface area contributed by atoms with E-state index in [0.29, 0.717) is 17.9 Å². The minimum atomic E-state index is -0.664. The van der Waals surface area contributed by atoms with E-state index >= 15 is 0 Å². The summed E-state index contributed by atoms with van der Waals surface area (Å²) in [6, 6.07) is 14.1. The van der Waals surface area contributed by atoms with Crippen molar-refractivity contribution in [3.8, 4) is 5.75 Å². The highest BCUT2D eigenvalue weighted by Crippen LogP contribution is 2.24. The molecular weight excluding hydrogens is 352 g/mol. The van der Waals surface area contributed by atoms with Crippen molar-refractivity contribution in [2.24, 2.45) is 5.92 Å². The molecule has 1 atom stereocenters. The monoisotopic (exact) mass is 382 g/mol. The topological polar surface area (TPSA) is 67.4 Å². The zero-order valence-electron chi connectivity index (χ0n) is 17.3. The summed E-state index contributed by atoms with van der Waals surface area (Å²) in [7, 11) is 0. The minimum Gasteiger partial charge on any atom is -0.493 e. The van der Waals surface area contributed by atoms with E-state index in [0.717, 1.165) is 11.3 Å². The molecule has 0 aliphatic heterocycles. The number of anilines is 1. The van der Waals surface area contributed by atoms with Gasteiger partial charge in [-0.05, 0) is 42.5 Å². The van der Waals surface area contributed by atoms with Crippen molar-refractivity contribution in [3.63, 3.8) is 0 Å². The third-order valence-electron chi connectivity index (χ3n) is 4.51. The maximum Gasteiger partial charge on any atom is 0.255 e. The smallest absolute Gasteiger partial charge is 0.255 e. The van der Waals surface area contributed by atoms with E-state index in [2.05, 4.69) is 24.5 Å². The van der Waals surface area contributed by atoms with E-state index < -0.39 is 6.04 Å². The van der Waals surface area contributed by atoms with Gasteiger partial charge in [-0.25, -0.2) is 0 Å². The average Bonchev–Trinajstić information content (AvgIpc) is 2.66. The first kappa shape index (κ1) is 21.5. The fourth-order valence-corrected chi connectivity index (χ4v) is 3.01. The summed E-state index contributed by atoms with van der Waals surface area (Å²) < 4.78 is 5.54. The molecule has 0 saturated carbocycles. The van der Waals surface area contributed by atoms with Crippen molar-refractivity contribution in [2.45, 2.75) is 46.6 Å². The molecule has 150 valence electrons. The average molecular weight is 383 g/mol. The number of rotatable bonds is 8. The second-order valence-corrected chi connectivity index (χ2v) is 7.36. The molecule has 0 aromatic heterocycles. The van der Waals surface area contributed by atoms with Crippen LogP contribution in [0.4, 0.5) is 5.69 Å². The van der Waals surface area contributed by atoms with Crippen LogP contribution in [0.5, 0.6) is 5.75 Å². The lowest BCUT2D eigenvalue weighted by Gasteiger charge is -2.23. The SMILES string of the molecule is CCOc1ccccc1C(=O)N[C@H](C(=O)Nc1ccccc1C(C)C)C(C)C. The fraction of sp³-hybridized carbons (Fsp3) is 0.391. The zero-order valence-corrected chi connectivity index (χ0v) is 17.3. The second kappa shape index (κ2) is 9.93. The summed E-state index contributed by atoms with van der Waals surface area (Å²) >= 11 is 0. The zero-order chi connectivity index (χ0) is 20.7. The highest BCUT2D eigenvalue weighted by atomic mass is 16.5. The number of hydrogen-bond donors (Lipinski definition) is 2. The Morgan fingerprint density at radius 2 is 1.61 bits per heavy atom. The fourth-order valence-electron chi connectivity index (χ4n) is 3.01. The summed E-state index contributed by atoms with van der Waals surface area (Å²) in [6.45, 7) is 10.3. The van der Waals surface area contributed by atoms with Crippen molar-refractivity contribution in [1.29, 1.82) is 0 Å². The van der Waals surface area contributed by atoms with Crippen LogP contribution in [-0.2, 0) is 4.79 Å². The molecule has 0 spiro atoms. The number of para-hydroxylation sites is 2. The van der Waals surface area contributed by atoms with Gasteiger partial charge < -0.3 is 15.4 Å². The Hall–Kier alpha value is -2.82. The summed E-state index contributed by atoms with van der Waals surface area (Å²) in [5.41, 5.74) is 2.26. The first-order valence-corrected chi connectivity index (χ1v) is 9.77. The number of hydrogen-bond acceptors (Lipinski definition) is 3. The molecule has 0 bridgehead atoms. The van der Waals surface area contributed by atoms with Crippen LogP contribution in [0.2, 0.25) is 0 Å². The molecule has 0 unspecified atom stereocenters. The highest BCUT2D eigenvalue weighted by molar-refractivity contribution is 6.02. The molecule has 0 radical (unpaired) electrons. The molecule has 0 aliphatic carbocycles. The van der Waals surface area contributed by atoms with Gasteiger partial charge in [-0.15, -0.1) is 0 Å². The second-order valence-electron chi connectivity index (χ2n) is 7.36. The van der Waals surface area contributed by atoms with Gasteiger partial charge in [0.15, 0.2) is 0 Å². The Bertz CT molecular complexity index is 815. The third kappa shape index (κ3) is 5.35. The van der Waals surface area contributed by atoms with E-state index in [-0.39, 0.29) is 23.7 Å². The maximum absolute atomic E-state index is 12.9. The summed E-state index contributed by atoms with van der Waals surface area (Å²) in [4.78, 5) is 25.8. The van der Waals surface area contributed by atoms with Gasteiger partial charge >= 0.3 is 0 Å². The molecule has 2 N–H and O–H groups in total. The first-order valence-electron chi connectivity index (χ1n) is 9.77. The summed E-state index contributed by atoms with van der Waals surface area (Å²) in [5.74, 6) is 0.159. The van der Waals surface area contributed by atoms with Gasteiger partial charge in [-0.3, -0.25) is 9.59 Å². The van der Waals surface area contributed by atoms with Crippen LogP contribution in [0.25, 0.3) is 0 Å². The molecule has 5 nitrogen and oxygen atoms in total. The van der Waals surface area contributed by atoms with Crippen molar-refractivity contribution in [3.05, 3.63) is 59.7 Å². The lowest BCUT2D eigenvalue weighted by atomic mass is 9.99. The van der Waals surface area contributed by atoms with Crippen molar-refractivity contribution in [1.82, 2.24) is 5.32 Å². The van der Waals surface area contributed by atoms with Gasteiger partial charge in [0.05, 0.1) is 12.2 Å². The highest BCUT2D eigenvalue weighted by Gasteiger charge is 2.26. The summed E-state index contributed by atoms with van der Waals surface area (Å²) in [6.07, 6.45) is 0. The standard InChI is InChI=1S/C23H30N2O3/c1-6-28-20-14-10-8-12-18(20)22(26)25-21(16(4)5)23(27)24-19-13-9-7-11-17(19)15(2)3/h7-16,21H,6H2,1-5H3,(H,24,27)(H,25,26)/t21-/m0/s1. The van der Waals surface area contributed by atoms with E-state index in [1.54, 1.807) is 18.2 Å². The van der Waals surface area contributed by atoms with Crippen molar-refractivity contribution in [2.75, 3.05) is 11.9 Å². The number of ether oxygens (including phenoxy) is 1. The molecule has 28 heavy (non-hydrogen) atoms. The minimum absolute atomic E-state index is 0.0746. The number of carbonyl (C=O) groups is 2. The molecule has 2 rings (SSSR count). The predicted molar refractivity (Wildman–Crippen MR) is 113 cm³/mol. The lowest BCUT2D eigenvalue weighted by molar-refractivity contribution is -0.118. The largest absolute Gasteiger partial charge is 0.493 e. The predicted octanol–water partition coefficient (Wildman–Crippen LogP) is 4.60. The molecule has 2 amide bonds. The van der Waals surface area contributed by atoms with Gasteiger partial charge in [0, 0.05) is 5.69 Å². The van der Waals surface area contributed by atoms with E-state index in [4.69, 9.17) is 4.74 Å². The van der Waals surface area contributed by atoms with Crippen LogP contribution in [0, 0.1) is 5.92 Å². The van der Waals surface area contributed by atoms with Crippen molar-refractivity contribution < 1.29 is 14.3 Å². The van der Waals surface area contributed by atoms with Gasteiger partial charge in [0.1, 0.15) is 11.8 Å². The van der Waals surface area contributed by atoms with Crippen molar-refractivity contribution >= 4 is 17.5 Å². The number of benzene rings is 2. The molecular formula is C23H30N2O3. The quantitative estimate of drug-likeness (QED) is 0.701. The summed E-state index contributed by atoms with van der Waals surface area (Å²) in [5, 5.41) is 5.85. The lowest BCUT2D eigenvalue weighted by Crippen LogP contribution is -2.47. The molecule has 0 aliphatic rings. The van der Waals surface area contributed by atoms with E-state index in [1.807, 2.05) is 51.1 Å². The Labute approximate surface area is 167 Å². The Kier molecular flexibility index (Phi) is 7.61. The molecule has 0 heterocycles. The number of nitrogens with one attached hydrogen (secondary N) is 2.